The van der Waals surface area contributed by atoms with Gasteiger partial charge in [0.25, 0.3) is 0 Å². The highest BCUT2D eigenvalue weighted by Crippen LogP contribution is 2.16. The third-order valence-electron chi connectivity index (χ3n) is 2.53. The second kappa shape index (κ2) is 8.78. The van der Waals surface area contributed by atoms with Crippen LogP contribution in [0.4, 0.5) is 4.39 Å². The maximum Gasteiger partial charge on any atom is 0.123 e. The Morgan fingerprint density at radius 3 is 2.88 bits per heavy atom. The molecule has 1 aromatic carbocycles. The zero-order valence-electron chi connectivity index (χ0n) is 10.1. The molecule has 0 saturated carbocycles. The van der Waals surface area contributed by atoms with Crippen LogP contribution in [0, 0.1) is 5.82 Å². The molecule has 0 saturated heterocycles. The highest BCUT2D eigenvalue weighted by atomic mass is 35.5. The molecule has 0 fully saturated rings. The van der Waals surface area contributed by atoms with Gasteiger partial charge in [-0.2, -0.15) is 11.8 Å². The van der Waals surface area contributed by atoms with Crippen molar-refractivity contribution in [1.82, 2.24) is 5.32 Å². The van der Waals surface area contributed by atoms with Gasteiger partial charge in [0, 0.05) is 11.6 Å². The summed E-state index contributed by atoms with van der Waals surface area (Å²) < 4.78 is 13.0. The average molecular weight is 276 g/mol. The molecule has 1 N–H and O–H groups in total. The van der Waals surface area contributed by atoms with E-state index >= 15 is 0 Å². The quantitative estimate of drug-likeness (QED) is 0.717. The number of nitrogens with one attached hydrogen (secondary N) is 1. The zero-order valence-corrected chi connectivity index (χ0v) is 11.7. The van der Waals surface area contributed by atoms with Gasteiger partial charge >= 0.3 is 0 Å². The standard InChI is InChI=1S/C13H19ClFNS/c1-17-8-4-2-3-7-16-10-11-9-12(15)5-6-13(11)14/h5-6,9,16H,2-4,7-8,10H2,1H3. The van der Waals surface area contributed by atoms with E-state index in [1.54, 1.807) is 6.07 Å². The molecule has 1 aromatic rings. The number of thioether (sulfide) groups is 1. The molecule has 17 heavy (non-hydrogen) atoms. The topological polar surface area (TPSA) is 12.0 Å². The van der Waals surface area contributed by atoms with Crippen molar-refractivity contribution in [3.05, 3.63) is 34.6 Å². The van der Waals surface area contributed by atoms with E-state index in [0.717, 1.165) is 18.5 Å². The maximum absolute atomic E-state index is 13.0. The van der Waals surface area contributed by atoms with Crippen LogP contribution >= 0.6 is 23.4 Å². The summed E-state index contributed by atoms with van der Waals surface area (Å²) in [6.07, 6.45) is 5.80. The molecule has 0 radical (unpaired) electrons. The molecular formula is C13H19ClFNS. The Labute approximate surface area is 112 Å². The van der Waals surface area contributed by atoms with Crippen LogP contribution in [0.1, 0.15) is 24.8 Å². The van der Waals surface area contributed by atoms with Gasteiger partial charge in [-0.25, -0.2) is 4.39 Å². The van der Waals surface area contributed by atoms with Crippen LogP contribution in [-0.2, 0) is 6.54 Å². The fraction of sp³-hybridized carbons (Fsp3) is 0.538. The van der Waals surface area contributed by atoms with Gasteiger partial charge in [-0.15, -0.1) is 0 Å². The highest BCUT2D eigenvalue weighted by Gasteiger charge is 2.01. The SMILES string of the molecule is CSCCCCCNCc1cc(F)ccc1Cl. The van der Waals surface area contributed by atoms with Gasteiger partial charge in [-0.3, -0.25) is 0 Å². The second-order valence-electron chi connectivity index (χ2n) is 3.97. The molecule has 0 unspecified atom stereocenters. The molecule has 0 aliphatic heterocycles. The van der Waals surface area contributed by atoms with Crippen LogP contribution in [-0.4, -0.2) is 18.6 Å². The number of unbranched alkanes of at least 4 members (excludes halogenated alkanes) is 2. The zero-order chi connectivity index (χ0) is 12.5. The van der Waals surface area contributed by atoms with E-state index in [2.05, 4.69) is 11.6 Å². The van der Waals surface area contributed by atoms with Gasteiger partial charge < -0.3 is 5.32 Å². The molecule has 1 nitrogen and oxygen atoms in total. The molecule has 0 aliphatic carbocycles. The molecule has 0 atom stereocenters. The smallest absolute Gasteiger partial charge is 0.123 e. The summed E-state index contributed by atoms with van der Waals surface area (Å²) in [6.45, 7) is 1.60. The summed E-state index contributed by atoms with van der Waals surface area (Å²) in [5.74, 6) is 1.00. The predicted molar refractivity (Wildman–Crippen MR) is 75.3 cm³/mol. The van der Waals surface area contributed by atoms with Gasteiger partial charge in [-0.1, -0.05) is 18.0 Å². The minimum atomic E-state index is -0.230. The van der Waals surface area contributed by atoms with Crippen LogP contribution in [0.15, 0.2) is 18.2 Å². The molecule has 0 spiro atoms. The van der Waals surface area contributed by atoms with Crippen molar-refractivity contribution < 1.29 is 4.39 Å². The van der Waals surface area contributed by atoms with Crippen LogP contribution in [0.25, 0.3) is 0 Å². The summed E-state index contributed by atoms with van der Waals surface area (Å²) in [6, 6.07) is 4.48. The number of benzene rings is 1. The van der Waals surface area contributed by atoms with E-state index in [0.29, 0.717) is 11.6 Å². The van der Waals surface area contributed by atoms with Gasteiger partial charge in [0.2, 0.25) is 0 Å². The average Bonchev–Trinajstić information content (AvgIpc) is 2.32. The van der Waals surface area contributed by atoms with Crippen LogP contribution < -0.4 is 5.32 Å². The van der Waals surface area contributed by atoms with Gasteiger partial charge in [0.15, 0.2) is 0 Å². The van der Waals surface area contributed by atoms with Crippen LogP contribution in [0.5, 0.6) is 0 Å². The lowest BCUT2D eigenvalue weighted by Crippen LogP contribution is -2.15. The third-order valence-corrected chi connectivity index (χ3v) is 3.59. The minimum Gasteiger partial charge on any atom is -0.313 e. The summed E-state index contributed by atoms with van der Waals surface area (Å²) in [7, 11) is 0. The van der Waals surface area contributed by atoms with Crippen molar-refractivity contribution in [2.75, 3.05) is 18.6 Å². The Hall–Kier alpha value is -0.250. The van der Waals surface area contributed by atoms with Crippen LogP contribution in [0.2, 0.25) is 5.02 Å². The van der Waals surface area contributed by atoms with E-state index in [1.165, 1.54) is 30.7 Å². The van der Waals surface area contributed by atoms with E-state index < -0.39 is 0 Å². The van der Waals surface area contributed by atoms with E-state index in [4.69, 9.17) is 11.6 Å². The number of rotatable bonds is 8. The van der Waals surface area contributed by atoms with Crippen molar-refractivity contribution in [3.8, 4) is 0 Å². The lowest BCUT2D eigenvalue weighted by molar-refractivity contribution is 0.606. The molecular weight excluding hydrogens is 257 g/mol. The van der Waals surface area contributed by atoms with Crippen LogP contribution in [0.3, 0.4) is 0 Å². The number of halogens is 2. The van der Waals surface area contributed by atoms with Crippen molar-refractivity contribution >= 4 is 23.4 Å². The molecule has 0 amide bonds. The second-order valence-corrected chi connectivity index (χ2v) is 5.36. The van der Waals surface area contributed by atoms with Gasteiger partial charge in [-0.05, 0) is 55.2 Å². The van der Waals surface area contributed by atoms with Crippen molar-refractivity contribution in [1.29, 1.82) is 0 Å². The third kappa shape index (κ3) is 6.29. The summed E-state index contributed by atoms with van der Waals surface area (Å²) in [4.78, 5) is 0. The van der Waals surface area contributed by atoms with Crippen molar-refractivity contribution in [2.24, 2.45) is 0 Å². The Kier molecular flexibility index (Phi) is 7.65. The molecule has 4 heteroatoms. The molecule has 0 bridgehead atoms. The largest absolute Gasteiger partial charge is 0.313 e. The minimum absolute atomic E-state index is 0.230. The molecule has 0 aromatic heterocycles. The molecule has 96 valence electrons. The molecule has 1 rings (SSSR count). The first-order chi connectivity index (χ1) is 8.24. The Bertz CT molecular complexity index is 333. The maximum atomic E-state index is 13.0. The first-order valence-corrected chi connectivity index (χ1v) is 7.65. The highest BCUT2D eigenvalue weighted by molar-refractivity contribution is 7.98. The monoisotopic (exact) mass is 275 g/mol. The van der Waals surface area contributed by atoms with Crippen molar-refractivity contribution in [2.45, 2.75) is 25.8 Å². The van der Waals surface area contributed by atoms with Crippen molar-refractivity contribution in [3.63, 3.8) is 0 Å². The fourth-order valence-corrected chi connectivity index (χ4v) is 2.25. The molecule has 0 heterocycles. The summed E-state index contributed by atoms with van der Waals surface area (Å²) in [5.41, 5.74) is 0.829. The number of hydrogen-bond donors (Lipinski definition) is 1. The summed E-state index contributed by atoms with van der Waals surface area (Å²) in [5, 5.41) is 3.91. The van der Waals surface area contributed by atoms with Gasteiger partial charge in [0.05, 0.1) is 0 Å². The predicted octanol–water partition coefficient (Wildman–Crippen LogP) is 4.10. The first-order valence-electron chi connectivity index (χ1n) is 5.87. The summed E-state index contributed by atoms with van der Waals surface area (Å²) >= 11 is 7.85. The normalized spacial score (nSPS) is 10.8. The van der Waals surface area contributed by atoms with E-state index in [9.17, 15) is 4.39 Å². The Morgan fingerprint density at radius 1 is 1.29 bits per heavy atom. The fourth-order valence-electron chi connectivity index (χ4n) is 1.58. The Morgan fingerprint density at radius 2 is 2.12 bits per heavy atom. The Balaban J connectivity index is 2.15. The molecule has 0 aliphatic rings. The van der Waals surface area contributed by atoms with E-state index in [-0.39, 0.29) is 5.82 Å². The van der Waals surface area contributed by atoms with E-state index in [1.807, 2.05) is 11.8 Å². The van der Waals surface area contributed by atoms with Gasteiger partial charge in [0.1, 0.15) is 5.82 Å². The number of hydrogen-bond acceptors (Lipinski definition) is 2. The first kappa shape index (κ1) is 14.8. The lowest BCUT2D eigenvalue weighted by atomic mass is 10.2. The lowest BCUT2D eigenvalue weighted by Gasteiger charge is -2.06.